The number of aryl methyl sites for hydroxylation is 1. The van der Waals surface area contributed by atoms with Crippen molar-refractivity contribution in [3.63, 3.8) is 0 Å². The van der Waals surface area contributed by atoms with Gasteiger partial charge in [0.05, 0.1) is 12.7 Å². The minimum absolute atomic E-state index is 0.177. The van der Waals surface area contributed by atoms with Gasteiger partial charge in [-0.05, 0) is 26.8 Å². The maximum Gasteiger partial charge on any atom is 0.317 e. The molecule has 0 aromatic carbocycles. The molecule has 1 aromatic heterocycles. The predicted octanol–water partition coefficient (Wildman–Crippen LogP) is 1.46. The largest absolute Gasteiger partial charge is 0.461 e. The van der Waals surface area contributed by atoms with Crippen molar-refractivity contribution in [2.75, 3.05) is 13.2 Å². The monoisotopic (exact) mass is 221 g/mol. The average molecular weight is 221 g/mol. The van der Waals surface area contributed by atoms with E-state index in [0.717, 1.165) is 0 Å². The molecule has 1 rings (SSSR count). The third kappa shape index (κ3) is 4.24. The number of hydrogen-bond donors (Lipinski definition) is 0. The molecule has 0 aliphatic carbocycles. The molecule has 0 atom stereocenters. The van der Waals surface area contributed by atoms with Crippen LogP contribution in [0.3, 0.4) is 0 Å². The summed E-state index contributed by atoms with van der Waals surface area (Å²) in [6.07, 6.45) is 0.177. The number of rotatable bonds is 5. The molecule has 0 spiro atoms. The van der Waals surface area contributed by atoms with Crippen molar-refractivity contribution in [2.45, 2.75) is 26.9 Å². The molecular formula is C11H15N3O2. The Kier molecular flexibility index (Phi) is 4.67. The van der Waals surface area contributed by atoms with Gasteiger partial charge in [0.1, 0.15) is 18.4 Å². The molecule has 0 unspecified atom stereocenters. The van der Waals surface area contributed by atoms with Crippen LogP contribution in [-0.2, 0) is 4.74 Å². The highest BCUT2D eigenvalue weighted by Gasteiger charge is 2.02. The first kappa shape index (κ1) is 12.4. The fourth-order valence-electron chi connectivity index (χ4n) is 1.08. The Morgan fingerprint density at radius 3 is 2.75 bits per heavy atom. The number of nitrogens with zero attached hydrogens (tertiary/aromatic N) is 3. The van der Waals surface area contributed by atoms with Crippen molar-refractivity contribution in [1.29, 1.82) is 5.26 Å². The van der Waals surface area contributed by atoms with Gasteiger partial charge in [0, 0.05) is 5.69 Å². The highest BCUT2D eigenvalue weighted by Crippen LogP contribution is 2.05. The number of aromatic nitrogens is 2. The van der Waals surface area contributed by atoms with Crippen molar-refractivity contribution < 1.29 is 9.47 Å². The molecule has 5 heteroatoms. The number of nitriles is 1. The molecule has 0 amide bonds. The highest BCUT2D eigenvalue weighted by molar-refractivity contribution is 5.23. The van der Waals surface area contributed by atoms with Crippen LogP contribution in [-0.4, -0.2) is 29.3 Å². The topological polar surface area (TPSA) is 68.0 Å². The molecule has 0 saturated carbocycles. The van der Waals surface area contributed by atoms with Gasteiger partial charge in [0.15, 0.2) is 0 Å². The Labute approximate surface area is 95.0 Å². The summed E-state index contributed by atoms with van der Waals surface area (Å²) >= 11 is 0. The normalized spacial score (nSPS) is 10.2. The fourth-order valence-corrected chi connectivity index (χ4v) is 1.08. The van der Waals surface area contributed by atoms with E-state index in [9.17, 15) is 0 Å². The van der Waals surface area contributed by atoms with E-state index >= 15 is 0 Å². The third-order valence-electron chi connectivity index (χ3n) is 1.71. The summed E-state index contributed by atoms with van der Waals surface area (Å²) in [4.78, 5) is 7.98. The van der Waals surface area contributed by atoms with Crippen LogP contribution >= 0.6 is 0 Å². The Balaban J connectivity index is 2.48. The van der Waals surface area contributed by atoms with Crippen LogP contribution in [0.5, 0.6) is 6.01 Å². The summed E-state index contributed by atoms with van der Waals surface area (Å²) in [5.74, 6) is 0. The van der Waals surface area contributed by atoms with Gasteiger partial charge in [-0.2, -0.15) is 10.2 Å². The molecule has 16 heavy (non-hydrogen) atoms. The summed E-state index contributed by atoms with van der Waals surface area (Å²) in [5.41, 5.74) is 1.03. The van der Waals surface area contributed by atoms with Gasteiger partial charge >= 0.3 is 6.01 Å². The quantitative estimate of drug-likeness (QED) is 0.704. The smallest absolute Gasteiger partial charge is 0.317 e. The van der Waals surface area contributed by atoms with E-state index in [4.69, 9.17) is 14.7 Å². The first-order chi connectivity index (χ1) is 7.61. The molecule has 1 aromatic rings. The minimum Gasteiger partial charge on any atom is -0.461 e. The standard InChI is InChI=1S/C11H15N3O2/c1-8(2)15-4-5-16-11-13-9(3)6-10(7-12)14-11/h6,8H,4-5H2,1-3H3. The Hall–Kier alpha value is -1.67. The van der Waals surface area contributed by atoms with Gasteiger partial charge in [-0.1, -0.05) is 0 Å². The summed E-state index contributed by atoms with van der Waals surface area (Å²) < 4.78 is 10.6. The van der Waals surface area contributed by atoms with E-state index in [1.165, 1.54) is 0 Å². The Morgan fingerprint density at radius 1 is 1.38 bits per heavy atom. The van der Waals surface area contributed by atoms with Crippen LogP contribution in [0.25, 0.3) is 0 Å². The highest BCUT2D eigenvalue weighted by atomic mass is 16.5. The summed E-state index contributed by atoms with van der Waals surface area (Å²) in [5, 5.41) is 8.71. The molecule has 5 nitrogen and oxygen atoms in total. The maximum atomic E-state index is 8.71. The van der Waals surface area contributed by atoms with Crippen LogP contribution in [0.1, 0.15) is 25.2 Å². The second-order valence-corrected chi connectivity index (χ2v) is 3.56. The first-order valence-electron chi connectivity index (χ1n) is 5.12. The zero-order valence-electron chi connectivity index (χ0n) is 9.73. The molecule has 0 aliphatic heterocycles. The van der Waals surface area contributed by atoms with Gasteiger partial charge in [-0.3, -0.25) is 0 Å². The van der Waals surface area contributed by atoms with Crippen molar-refractivity contribution >= 4 is 0 Å². The molecular weight excluding hydrogens is 206 g/mol. The van der Waals surface area contributed by atoms with Crippen molar-refractivity contribution in [2.24, 2.45) is 0 Å². The molecule has 0 fully saturated rings. The third-order valence-corrected chi connectivity index (χ3v) is 1.71. The second-order valence-electron chi connectivity index (χ2n) is 3.56. The zero-order chi connectivity index (χ0) is 12.0. The summed E-state index contributed by atoms with van der Waals surface area (Å²) in [6.45, 7) is 6.57. The molecule has 1 heterocycles. The first-order valence-corrected chi connectivity index (χ1v) is 5.12. The van der Waals surface area contributed by atoms with Gasteiger partial charge < -0.3 is 9.47 Å². The van der Waals surface area contributed by atoms with Crippen molar-refractivity contribution in [1.82, 2.24) is 9.97 Å². The lowest BCUT2D eigenvalue weighted by Crippen LogP contribution is -2.12. The van der Waals surface area contributed by atoms with Crippen molar-refractivity contribution in [3.05, 3.63) is 17.5 Å². The summed E-state index contributed by atoms with van der Waals surface area (Å²) in [6, 6.07) is 3.79. The second kappa shape index (κ2) is 6.03. The number of ether oxygens (including phenoxy) is 2. The van der Waals surface area contributed by atoms with Crippen LogP contribution in [0.2, 0.25) is 0 Å². The molecule has 86 valence electrons. The van der Waals surface area contributed by atoms with E-state index in [1.54, 1.807) is 13.0 Å². The molecule has 0 bridgehead atoms. The Bertz CT molecular complexity index is 385. The molecule has 0 aliphatic rings. The van der Waals surface area contributed by atoms with Crippen LogP contribution in [0.15, 0.2) is 6.07 Å². The zero-order valence-corrected chi connectivity index (χ0v) is 9.73. The molecule has 0 radical (unpaired) electrons. The van der Waals surface area contributed by atoms with Gasteiger partial charge in [0.25, 0.3) is 0 Å². The maximum absolute atomic E-state index is 8.71. The SMILES string of the molecule is Cc1cc(C#N)nc(OCCOC(C)C)n1. The van der Waals surface area contributed by atoms with E-state index in [-0.39, 0.29) is 12.1 Å². The molecule has 0 N–H and O–H groups in total. The van der Waals surface area contributed by atoms with Gasteiger partial charge in [-0.25, -0.2) is 4.98 Å². The lowest BCUT2D eigenvalue weighted by Gasteiger charge is -2.08. The lowest BCUT2D eigenvalue weighted by molar-refractivity contribution is 0.0530. The average Bonchev–Trinajstić information content (AvgIpc) is 2.23. The van der Waals surface area contributed by atoms with Crippen LogP contribution in [0, 0.1) is 18.3 Å². The van der Waals surface area contributed by atoms with Gasteiger partial charge in [-0.15, -0.1) is 0 Å². The van der Waals surface area contributed by atoms with Crippen LogP contribution in [0.4, 0.5) is 0 Å². The minimum atomic E-state index is 0.177. The molecule has 0 saturated heterocycles. The number of hydrogen-bond acceptors (Lipinski definition) is 5. The van der Waals surface area contributed by atoms with E-state index in [2.05, 4.69) is 9.97 Å². The van der Waals surface area contributed by atoms with E-state index < -0.39 is 0 Å². The van der Waals surface area contributed by atoms with E-state index in [1.807, 2.05) is 19.9 Å². The predicted molar refractivity (Wildman–Crippen MR) is 58.1 cm³/mol. The Morgan fingerprint density at radius 2 is 2.12 bits per heavy atom. The van der Waals surface area contributed by atoms with Gasteiger partial charge in [0.2, 0.25) is 0 Å². The van der Waals surface area contributed by atoms with E-state index in [0.29, 0.717) is 24.6 Å². The van der Waals surface area contributed by atoms with Crippen molar-refractivity contribution in [3.8, 4) is 12.1 Å². The lowest BCUT2D eigenvalue weighted by atomic mass is 10.3. The summed E-state index contributed by atoms with van der Waals surface area (Å²) in [7, 11) is 0. The van der Waals surface area contributed by atoms with Crippen LogP contribution < -0.4 is 4.74 Å². The fraction of sp³-hybridized carbons (Fsp3) is 0.545.